The number of hydrogen-bond acceptors (Lipinski definition) is 3. The largest absolute Gasteiger partial charge is 0.347 e. The van der Waals surface area contributed by atoms with Crippen molar-refractivity contribution in [1.82, 2.24) is 5.32 Å². The van der Waals surface area contributed by atoms with E-state index < -0.39 is 0 Å². The van der Waals surface area contributed by atoms with E-state index in [0.717, 1.165) is 23.6 Å². The van der Waals surface area contributed by atoms with Gasteiger partial charge in [0.2, 0.25) is 5.91 Å². The lowest BCUT2D eigenvalue weighted by molar-refractivity contribution is -0.862. The minimum atomic E-state index is -0.280. The number of benzene rings is 1. The number of likely N-dealkylation sites (N-methyl/N-ethyl adjacent to an activating group) is 1. The summed E-state index contributed by atoms with van der Waals surface area (Å²) in [6.07, 6.45) is 1.48. The van der Waals surface area contributed by atoms with E-state index in [2.05, 4.69) is 10.6 Å². The van der Waals surface area contributed by atoms with E-state index in [1.54, 1.807) is 17.0 Å². The third-order valence-electron chi connectivity index (χ3n) is 3.98. The molecule has 1 aliphatic rings. The van der Waals surface area contributed by atoms with Gasteiger partial charge >= 0.3 is 0 Å². The monoisotopic (exact) mass is 361 g/mol. The average molecular weight is 361 g/mol. The first-order valence-electron chi connectivity index (χ1n) is 8.96. The number of carbonyl (C=O) groups excluding carboxylic acids is 3. The molecule has 1 aliphatic heterocycles. The molecule has 0 radical (unpaired) electrons. The van der Waals surface area contributed by atoms with Crippen molar-refractivity contribution >= 4 is 29.1 Å². The fraction of sp³-hybridized carbons (Fsp3) is 0.526. The maximum absolute atomic E-state index is 12.2. The van der Waals surface area contributed by atoms with Crippen LogP contribution in [0.3, 0.4) is 0 Å². The SMILES string of the molecule is C[NH+](CC(=O)Nc1ccc(N2CCCC2=O)cc1)CC(=O)NC(C)(C)C. The van der Waals surface area contributed by atoms with Crippen molar-refractivity contribution in [3.05, 3.63) is 24.3 Å². The summed E-state index contributed by atoms with van der Waals surface area (Å²) in [5.41, 5.74) is 1.25. The molecule has 2 rings (SSSR count). The van der Waals surface area contributed by atoms with E-state index in [4.69, 9.17) is 0 Å². The van der Waals surface area contributed by atoms with Crippen LogP contribution < -0.4 is 20.4 Å². The van der Waals surface area contributed by atoms with Gasteiger partial charge in [-0.3, -0.25) is 14.4 Å². The molecule has 0 saturated carbocycles. The van der Waals surface area contributed by atoms with Crippen molar-refractivity contribution in [2.75, 3.05) is 36.9 Å². The Kier molecular flexibility index (Phi) is 6.37. The average Bonchev–Trinajstić information content (AvgIpc) is 2.91. The zero-order chi connectivity index (χ0) is 19.3. The van der Waals surface area contributed by atoms with Gasteiger partial charge in [-0.25, -0.2) is 0 Å². The first-order chi connectivity index (χ1) is 12.1. The number of nitrogens with zero attached hydrogens (tertiary/aromatic N) is 1. The molecule has 7 heteroatoms. The Morgan fingerprint density at radius 1 is 1.12 bits per heavy atom. The van der Waals surface area contributed by atoms with Crippen molar-refractivity contribution in [3.8, 4) is 0 Å². The van der Waals surface area contributed by atoms with Crippen LogP contribution in [0.4, 0.5) is 11.4 Å². The number of amides is 3. The van der Waals surface area contributed by atoms with Gasteiger partial charge in [0.25, 0.3) is 11.8 Å². The zero-order valence-corrected chi connectivity index (χ0v) is 16.0. The molecule has 0 spiro atoms. The van der Waals surface area contributed by atoms with Crippen LogP contribution in [-0.2, 0) is 14.4 Å². The molecule has 1 aromatic rings. The minimum absolute atomic E-state index is 0.0811. The Balaban J connectivity index is 1.82. The Morgan fingerprint density at radius 3 is 2.27 bits per heavy atom. The van der Waals surface area contributed by atoms with Crippen molar-refractivity contribution in [3.63, 3.8) is 0 Å². The molecular formula is C19H29N4O3+. The van der Waals surface area contributed by atoms with Crippen LogP contribution in [0.15, 0.2) is 24.3 Å². The standard InChI is InChI=1S/C19H28N4O3/c1-19(2,3)21-17(25)13-22(4)12-16(24)20-14-7-9-15(10-8-14)23-11-5-6-18(23)26/h7-10H,5-6,11-13H2,1-4H3,(H,20,24)(H,21,25)/p+1. The molecule has 1 aromatic carbocycles. The van der Waals surface area contributed by atoms with Gasteiger partial charge in [-0.15, -0.1) is 0 Å². The first kappa shape index (κ1) is 19.9. The van der Waals surface area contributed by atoms with Crippen LogP contribution in [0.1, 0.15) is 33.6 Å². The highest BCUT2D eigenvalue weighted by atomic mass is 16.2. The van der Waals surface area contributed by atoms with E-state index in [-0.39, 0.29) is 36.3 Å². The summed E-state index contributed by atoms with van der Waals surface area (Å²) >= 11 is 0. The highest BCUT2D eigenvalue weighted by Gasteiger charge is 2.22. The predicted molar refractivity (Wildman–Crippen MR) is 101 cm³/mol. The van der Waals surface area contributed by atoms with Crippen molar-refractivity contribution in [2.24, 2.45) is 0 Å². The molecule has 7 nitrogen and oxygen atoms in total. The summed E-state index contributed by atoms with van der Waals surface area (Å²) in [7, 11) is 1.81. The molecule has 3 amide bonds. The van der Waals surface area contributed by atoms with Gasteiger partial charge in [0.1, 0.15) is 0 Å². The maximum atomic E-state index is 12.2. The maximum Gasteiger partial charge on any atom is 0.279 e. The van der Waals surface area contributed by atoms with E-state index in [9.17, 15) is 14.4 Å². The van der Waals surface area contributed by atoms with E-state index >= 15 is 0 Å². The Labute approximate surface area is 154 Å². The van der Waals surface area contributed by atoms with Gasteiger partial charge in [-0.05, 0) is 51.5 Å². The van der Waals surface area contributed by atoms with Gasteiger partial charge in [0, 0.05) is 29.9 Å². The lowest BCUT2D eigenvalue weighted by Gasteiger charge is -2.21. The predicted octanol–water partition coefficient (Wildman–Crippen LogP) is 0.181. The highest BCUT2D eigenvalue weighted by molar-refractivity contribution is 5.96. The van der Waals surface area contributed by atoms with Crippen LogP contribution in [-0.4, -0.2) is 49.9 Å². The van der Waals surface area contributed by atoms with Gasteiger partial charge in [0.05, 0.1) is 7.05 Å². The number of quaternary nitrogens is 1. The van der Waals surface area contributed by atoms with Gasteiger partial charge in [-0.2, -0.15) is 0 Å². The summed E-state index contributed by atoms with van der Waals surface area (Å²) < 4.78 is 0. The van der Waals surface area contributed by atoms with Crippen molar-refractivity contribution < 1.29 is 19.3 Å². The quantitative estimate of drug-likeness (QED) is 0.676. The molecule has 3 N–H and O–H groups in total. The molecular weight excluding hydrogens is 332 g/mol. The second kappa shape index (κ2) is 8.31. The Hall–Kier alpha value is -2.41. The number of hydrogen-bond donors (Lipinski definition) is 3. The first-order valence-corrected chi connectivity index (χ1v) is 8.96. The molecule has 26 heavy (non-hydrogen) atoms. The topological polar surface area (TPSA) is 83.0 Å². The summed E-state index contributed by atoms with van der Waals surface area (Å²) in [5.74, 6) is -0.0981. The van der Waals surface area contributed by atoms with E-state index in [1.165, 1.54) is 0 Å². The summed E-state index contributed by atoms with van der Waals surface area (Å²) in [6, 6.07) is 7.26. The number of rotatable bonds is 6. The molecule has 0 aromatic heterocycles. The second-order valence-electron chi connectivity index (χ2n) is 7.85. The lowest BCUT2D eigenvalue weighted by Crippen LogP contribution is -3.11. The minimum Gasteiger partial charge on any atom is -0.347 e. The number of anilines is 2. The highest BCUT2D eigenvalue weighted by Crippen LogP contribution is 2.22. The van der Waals surface area contributed by atoms with Crippen molar-refractivity contribution in [2.45, 2.75) is 39.2 Å². The van der Waals surface area contributed by atoms with Crippen LogP contribution in [0.25, 0.3) is 0 Å². The van der Waals surface area contributed by atoms with Gasteiger partial charge < -0.3 is 20.4 Å². The Bertz CT molecular complexity index is 664. The summed E-state index contributed by atoms with van der Waals surface area (Å²) in [4.78, 5) is 38.4. The lowest BCUT2D eigenvalue weighted by atomic mass is 10.1. The molecule has 1 saturated heterocycles. The van der Waals surface area contributed by atoms with Gasteiger partial charge in [0.15, 0.2) is 13.1 Å². The summed E-state index contributed by atoms with van der Waals surface area (Å²) in [6.45, 7) is 6.95. The molecule has 0 bridgehead atoms. The van der Waals surface area contributed by atoms with Crippen LogP contribution in [0.5, 0.6) is 0 Å². The smallest absolute Gasteiger partial charge is 0.279 e. The van der Waals surface area contributed by atoms with E-state index in [0.29, 0.717) is 12.1 Å². The number of nitrogens with one attached hydrogen (secondary N) is 3. The number of carbonyl (C=O) groups is 3. The Morgan fingerprint density at radius 2 is 1.73 bits per heavy atom. The van der Waals surface area contributed by atoms with Crippen LogP contribution >= 0.6 is 0 Å². The fourth-order valence-electron chi connectivity index (χ4n) is 2.92. The molecule has 1 atom stereocenters. The third kappa shape index (κ3) is 6.15. The molecule has 1 unspecified atom stereocenters. The normalized spacial score (nSPS) is 15.7. The summed E-state index contributed by atoms with van der Waals surface area (Å²) in [5, 5.41) is 5.71. The molecule has 1 heterocycles. The zero-order valence-electron chi connectivity index (χ0n) is 16.0. The molecule has 0 aliphatic carbocycles. The second-order valence-corrected chi connectivity index (χ2v) is 7.85. The van der Waals surface area contributed by atoms with Crippen molar-refractivity contribution in [1.29, 1.82) is 0 Å². The third-order valence-corrected chi connectivity index (χ3v) is 3.98. The van der Waals surface area contributed by atoms with Crippen LogP contribution in [0, 0.1) is 0 Å². The van der Waals surface area contributed by atoms with Gasteiger partial charge in [-0.1, -0.05) is 0 Å². The fourth-order valence-corrected chi connectivity index (χ4v) is 2.92. The molecule has 142 valence electrons. The molecule has 1 fully saturated rings. The van der Waals surface area contributed by atoms with E-state index in [1.807, 2.05) is 40.0 Å². The van der Waals surface area contributed by atoms with Crippen LogP contribution in [0.2, 0.25) is 0 Å².